The molecule has 0 radical (unpaired) electrons. The second kappa shape index (κ2) is 4.49. The van der Waals surface area contributed by atoms with Crippen molar-refractivity contribution < 1.29 is 4.79 Å². The highest BCUT2D eigenvalue weighted by Crippen LogP contribution is 2.29. The molecular formula is C14H14BrN3O. The van der Waals surface area contributed by atoms with Gasteiger partial charge in [0.25, 0.3) is 5.91 Å². The zero-order valence-corrected chi connectivity index (χ0v) is 12.4. The summed E-state index contributed by atoms with van der Waals surface area (Å²) in [6.07, 6.45) is 1.68. The van der Waals surface area contributed by atoms with E-state index in [-0.39, 0.29) is 11.9 Å². The van der Waals surface area contributed by atoms with Crippen LogP contribution in [0.15, 0.2) is 34.9 Å². The van der Waals surface area contributed by atoms with Gasteiger partial charge in [0.1, 0.15) is 5.69 Å². The summed E-state index contributed by atoms with van der Waals surface area (Å²) < 4.78 is 2.54. The predicted molar refractivity (Wildman–Crippen MR) is 77.5 cm³/mol. The molecule has 1 aliphatic heterocycles. The molecule has 0 N–H and O–H groups in total. The maximum Gasteiger partial charge on any atom is 0.277 e. The van der Waals surface area contributed by atoms with E-state index in [1.54, 1.807) is 10.9 Å². The van der Waals surface area contributed by atoms with Gasteiger partial charge in [-0.1, -0.05) is 17.7 Å². The molecule has 98 valence electrons. The number of fused-ring (bicyclic) bond motifs is 1. The summed E-state index contributed by atoms with van der Waals surface area (Å²) in [6.45, 7) is 4.75. The average molecular weight is 320 g/mol. The van der Waals surface area contributed by atoms with Crippen molar-refractivity contribution in [3.05, 3.63) is 46.2 Å². The van der Waals surface area contributed by atoms with Crippen LogP contribution in [0.5, 0.6) is 0 Å². The minimum atomic E-state index is -0.00803. The lowest BCUT2D eigenvalue weighted by Gasteiger charge is -2.32. The fourth-order valence-corrected chi connectivity index (χ4v) is 2.82. The summed E-state index contributed by atoms with van der Waals surface area (Å²) in [4.78, 5) is 14.4. The minimum absolute atomic E-state index is 0.00803. The van der Waals surface area contributed by atoms with Crippen LogP contribution in [0.2, 0.25) is 0 Å². The molecule has 0 saturated carbocycles. The van der Waals surface area contributed by atoms with Crippen LogP contribution in [-0.4, -0.2) is 22.2 Å². The van der Waals surface area contributed by atoms with Gasteiger partial charge in [-0.25, -0.2) is 0 Å². The van der Waals surface area contributed by atoms with Crippen molar-refractivity contribution in [2.24, 2.45) is 0 Å². The van der Waals surface area contributed by atoms with E-state index in [2.05, 4.69) is 28.0 Å². The second-order valence-corrected chi connectivity index (χ2v) is 5.74. The summed E-state index contributed by atoms with van der Waals surface area (Å²) in [5, 5.41) is 4.25. The number of halogens is 1. The Morgan fingerprint density at radius 2 is 2.00 bits per heavy atom. The topological polar surface area (TPSA) is 38.1 Å². The number of amides is 1. The first-order chi connectivity index (χ1) is 9.08. The maximum atomic E-state index is 12.6. The fourth-order valence-electron chi connectivity index (χ4n) is 2.38. The van der Waals surface area contributed by atoms with E-state index in [1.165, 1.54) is 5.56 Å². The Labute approximate surface area is 120 Å². The van der Waals surface area contributed by atoms with Crippen LogP contribution >= 0.6 is 15.9 Å². The lowest BCUT2D eigenvalue weighted by Crippen LogP contribution is -2.42. The highest BCUT2D eigenvalue weighted by molar-refractivity contribution is 9.10. The number of anilines is 1. The molecule has 1 aromatic carbocycles. The first kappa shape index (κ1) is 12.4. The third-order valence-electron chi connectivity index (χ3n) is 3.41. The molecule has 0 saturated heterocycles. The van der Waals surface area contributed by atoms with Gasteiger partial charge in [-0.2, -0.15) is 5.10 Å². The van der Waals surface area contributed by atoms with Crippen molar-refractivity contribution in [3.63, 3.8) is 0 Å². The zero-order valence-electron chi connectivity index (χ0n) is 10.8. The van der Waals surface area contributed by atoms with E-state index in [0.717, 1.165) is 10.2 Å². The first-order valence-corrected chi connectivity index (χ1v) is 6.99. The van der Waals surface area contributed by atoms with Crippen molar-refractivity contribution in [2.75, 3.05) is 11.4 Å². The maximum absolute atomic E-state index is 12.6. The normalized spacial score (nSPS) is 18.6. The van der Waals surface area contributed by atoms with Gasteiger partial charge in [-0.3, -0.25) is 9.48 Å². The molecule has 1 aromatic heterocycles. The number of aromatic nitrogens is 2. The number of hydrogen-bond donors (Lipinski definition) is 0. The zero-order chi connectivity index (χ0) is 13.6. The fraction of sp³-hybridized carbons (Fsp3) is 0.286. The molecule has 3 rings (SSSR count). The number of nitrogens with zero attached hydrogens (tertiary/aromatic N) is 3. The Balaban J connectivity index is 2.04. The Bertz CT molecular complexity index is 633. The van der Waals surface area contributed by atoms with Crippen LogP contribution in [-0.2, 0) is 0 Å². The predicted octanol–water partition coefficient (Wildman–Crippen LogP) is 3.18. The third-order valence-corrected chi connectivity index (χ3v) is 3.99. The smallest absolute Gasteiger partial charge is 0.277 e. The number of benzene rings is 1. The summed E-state index contributed by atoms with van der Waals surface area (Å²) >= 11 is 3.40. The summed E-state index contributed by atoms with van der Waals surface area (Å²) in [5.41, 5.74) is 2.74. The molecular weight excluding hydrogens is 306 g/mol. The monoisotopic (exact) mass is 319 g/mol. The van der Waals surface area contributed by atoms with Crippen molar-refractivity contribution in [2.45, 2.75) is 19.9 Å². The molecule has 0 aliphatic carbocycles. The Kier molecular flexibility index (Phi) is 2.93. The SMILES string of the molecule is Cc1ccc(N2C[C@H](C)n3ncc(Br)c3C2=O)cc1. The lowest BCUT2D eigenvalue weighted by molar-refractivity contribution is 0.0952. The number of aryl methyl sites for hydroxylation is 1. The lowest BCUT2D eigenvalue weighted by atomic mass is 10.1. The summed E-state index contributed by atoms with van der Waals surface area (Å²) in [5.74, 6) is -0.00803. The van der Waals surface area contributed by atoms with E-state index in [1.807, 2.05) is 36.1 Å². The molecule has 5 heteroatoms. The van der Waals surface area contributed by atoms with Crippen LogP contribution in [0, 0.1) is 6.92 Å². The Morgan fingerprint density at radius 3 is 2.68 bits per heavy atom. The number of carbonyl (C=O) groups excluding carboxylic acids is 1. The molecule has 0 bridgehead atoms. The Morgan fingerprint density at radius 1 is 1.32 bits per heavy atom. The standard InChI is InChI=1S/C14H14BrN3O/c1-9-3-5-11(6-4-9)17-8-10(2)18-13(14(17)19)12(15)7-16-18/h3-7,10H,8H2,1-2H3/t10-/m0/s1. The first-order valence-electron chi connectivity index (χ1n) is 6.19. The van der Waals surface area contributed by atoms with E-state index >= 15 is 0 Å². The van der Waals surface area contributed by atoms with Gasteiger partial charge in [0, 0.05) is 12.2 Å². The number of hydrogen-bond acceptors (Lipinski definition) is 2. The third kappa shape index (κ3) is 1.98. The Hall–Kier alpha value is -1.62. The van der Waals surface area contributed by atoms with Gasteiger partial charge in [-0.05, 0) is 41.9 Å². The molecule has 1 atom stereocenters. The van der Waals surface area contributed by atoms with Gasteiger partial charge in [0.05, 0.1) is 16.7 Å². The molecule has 0 unspecified atom stereocenters. The second-order valence-electron chi connectivity index (χ2n) is 4.89. The number of rotatable bonds is 1. The molecule has 1 aliphatic rings. The molecule has 2 heterocycles. The highest BCUT2D eigenvalue weighted by Gasteiger charge is 2.32. The number of carbonyl (C=O) groups is 1. The van der Waals surface area contributed by atoms with E-state index < -0.39 is 0 Å². The minimum Gasteiger partial charge on any atom is -0.305 e. The van der Waals surface area contributed by atoms with Gasteiger partial charge in [-0.15, -0.1) is 0 Å². The van der Waals surface area contributed by atoms with Crippen LogP contribution < -0.4 is 4.90 Å². The van der Waals surface area contributed by atoms with Crippen LogP contribution in [0.4, 0.5) is 5.69 Å². The van der Waals surface area contributed by atoms with Crippen molar-refractivity contribution in [1.29, 1.82) is 0 Å². The van der Waals surface area contributed by atoms with Crippen molar-refractivity contribution in [3.8, 4) is 0 Å². The van der Waals surface area contributed by atoms with E-state index in [9.17, 15) is 4.79 Å². The largest absolute Gasteiger partial charge is 0.305 e. The van der Waals surface area contributed by atoms with Gasteiger partial charge >= 0.3 is 0 Å². The van der Waals surface area contributed by atoms with Crippen LogP contribution in [0.3, 0.4) is 0 Å². The molecule has 19 heavy (non-hydrogen) atoms. The molecule has 1 amide bonds. The average Bonchev–Trinajstić information content (AvgIpc) is 2.78. The molecule has 0 fully saturated rings. The van der Waals surface area contributed by atoms with Gasteiger partial charge < -0.3 is 4.90 Å². The van der Waals surface area contributed by atoms with Gasteiger partial charge in [0.15, 0.2) is 0 Å². The highest BCUT2D eigenvalue weighted by atomic mass is 79.9. The quantitative estimate of drug-likeness (QED) is 0.809. The molecule has 2 aromatic rings. The van der Waals surface area contributed by atoms with E-state index in [4.69, 9.17) is 0 Å². The summed E-state index contributed by atoms with van der Waals surface area (Å²) in [6, 6.07) is 8.18. The van der Waals surface area contributed by atoms with Crippen molar-refractivity contribution >= 4 is 27.5 Å². The van der Waals surface area contributed by atoms with Crippen molar-refractivity contribution in [1.82, 2.24) is 9.78 Å². The van der Waals surface area contributed by atoms with E-state index in [0.29, 0.717) is 12.2 Å². The molecule has 0 spiro atoms. The van der Waals surface area contributed by atoms with Crippen LogP contribution in [0.25, 0.3) is 0 Å². The summed E-state index contributed by atoms with van der Waals surface area (Å²) in [7, 11) is 0. The van der Waals surface area contributed by atoms with Gasteiger partial charge in [0.2, 0.25) is 0 Å². The van der Waals surface area contributed by atoms with Crippen LogP contribution in [0.1, 0.15) is 29.0 Å². The molecule has 4 nitrogen and oxygen atoms in total.